The second kappa shape index (κ2) is 7.82. The van der Waals surface area contributed by atoms with Gasteiger partial charge in [-0.05, 0) is 19.4 Å². The van der Waals surface area contributed by atoms with Crippen molar-refractivity contribution < 1.29 is 9.15 Å². The van der Waals surface area contributed by atoms with Gasteiger partial charge in [0, 0.05) is 30.6 Å². The van der Waals surface area contributed by atoms with Crippen molar-refractivity contribution in [2.24, 2.45) is 10.7 Å². The molecule has 0 aliphatic carbocycles. The van der Waals surface area contributed by atoms with Gasteiger partial charge in [0.05, 0.1) is 13.2 Å². The van der Waals surface area contributed by atoms with Crippen LogP contribution in [0.25, 0.3) is 11.0 Å². The predicted octanol–water partition coefficient (Wildman–Crippen LogP) is 2.55. The number of aliphatic imine (C=N–C) groups is 1. The van der Waals surface area contributed by atoms with Crippen LogP contribution < -0.4 is 5.73 Å². The van der Waals surface area contributed by atoms with Crippen molar-refractivity contribution in [3.63, 3.8) is 0 Å². The molecule has 0 unspecified atom stereocenters. The third kappa shape index (κ3) is 3.73. The molecule has 5 nitrogen and oxygen atoms in total. The van der Waals surface area contributed by atoms with Gasteiger partial charge in [0.25, 0.3) is 0 Å². The average molecular weight is 415 g/mol. The van der Waals surface area contributed by atoms with Crippen molar-refractivity contribution >= 4 is 40.9 Å². The highest BCUT2D eigenvalue weighted by Gasteiger charge is 2.13. The Balaban J connectivity index is 0.00000176. The van der Waals surface area contributed by atoms with Crippen LogP contribution in [-0.4, -0.2) is 43.7 Å². The number of hydrogen-bond acceptors (Lipinski definition) is 3. The number of hydrogen-bond donors (Lipinski definition) is 1. The molecular formula is C16H22IN3O2. The van der Waals surface area contributed by atoms with Crippen LogP contribution >= 0.6 is 24.0 Å². The highest BCUT2D eigenvalue weighted by atomic mass is 127. The zero-order chi connectivity index (χ0) is 14.7. The largest absolute Gasteiger partial charge is 0.461 e. The molecule has 0 saturated carbocycles. The van der Waals surface area contributed by atoms with Gasteiger partial charge in [0.1, 0.15) is 11.3 Å². The minimum Gasteiger partial charge on any atom is -0.461 e. The van der Waals surface area contributed by atoms with Gasteiger partial charge >= 0.3 is 0 Å². The molecule has 1 aliphatic heterocycles. The smallest absolute Gasteiger partial charge is 0.191 e. The Morgan fingerprint density at radius 2 is 2.00 bits per heavy atom. The molecule has 120 valence electrons. The molecule has 22 heavy (non-hydrogen) atoms. The summed E-state index contributed by atoms with van der Waals surface area (Å²) in [6.45, 7) is 5.77. The van der Waals surface area contributed by atoms with Crippen molar-refractivity contribution in [1.82, 2.24) is 4.90 Å². The Kier molecular flexibility index (Phi) is 6.07. The molecule has 0 atom stereocenters. The Morgan fingerprint density at radius 1 is 1.27 bits per heavy atom. The molecule has 0 amide bonds. The molecule has 1 aliphatic rings. The lowest BCUT2D eigenvalue weighted by molar-refractivity contribution is 0.0674. The first-order chi connectivity index (χ1) is 10.3. The number of ether oxygens (including phenoxy) is 1. The third-order valence-electron chi connectivity index (χ3n) is 3.87. The number of rotatable bonds is 3. The molecule has 0 spiro atoms. The summed E-state index contributed by atoms with van der Waals surface area (Å²) in [7, 11) is 0. The Hall–Kier alpha value is -1.28. The first kappa shape index (κ1) is 17.1. The maximum atomic E-state index is 6.04. The van der Waals surface area contributed by atoms with Gasteiger partial charge in [-0.25, -0.2) is 0 Å². The maximum absolute atomic E-state index is 6.04. The summed E-state index contributed by atoms with van der Waals surface area (Å²) in [5.74, 6) is 1.58. The monoisotopic (exact) mass is 415 g/mol. The van der Waals surface area contributed by atoms with Gasteiger partial charge in [-0.2, -0.15) is 0 Å². The minimum atomic E-state index is 0. The highest BCUT2D eigenvalue weighted by molar-refractivity contribution is 14.0. The van der Waals surface area contributed by atoms with Gasteiger partial charge in [-0.15, -0.1) is 24.0 Å². The van der Waals surface area contributed by atoms with Crippen LogP contribution in [0.1, 0.15) is 11.3 Å². The molecule has 2 aromatic rings. The molecule has 1 fully saturated rings. The lowest BCUT2D eigenvalue weighted by Crippen LogP contribution is -2.44. The van der Waals surface area contributed by atoms with Crippen molar-refractivity contribution in [2.75, 3.05) is 32.8 Å². The number of para-hydroxylation sites is 1. The van der Waals surface area contributed by atoms with Gasteiger partial charge in [0.2, 0.25) is 0 Å². The molecular weight excluding hydrogens is 393 g/mol. The molecule has 0 radical (unpaired) electrons. The fourth-order valence-electron chi connectivity index (χ4n) is 2.71. The summed E-state index contributed by atoms with van der Waals surface area (Å²) in [6.07, 6.45) is 0.841. The van der Waals surface area contributed by atoms with E-state index < -0.39 is 0 Å². The Labute approximate surface area is 147 Å². The van der Waals surface area contributed by atoms with Crippen LogP contribution in [-0.2, 0) is 11.2 Å². The standard InChI is InChI=1S/C16H21N3O2.HI/c1-12-13(14-4-2-3-5-15(14)21-12)6-7-18-16(17)19-8-10-20-11-9-19;/h2-5H,6-11H2,1H3,(H2,17,18);1H. The molecule has 0 bridgehead atoms. The van der Waals surface area contributed by atoms with E-state index in [-0.39, 0.29) is 24.0 Å². The Morgan fingerprint density at radius 3 is 2.77 bits per heavy atom. The number of morpholine rings is 1. The number of halogens is 1. The van der Waals surface area contributed by atoms with Crippen molar-refractivity contribution in [3.05, 3.63) is 35.6 Å². The predicted molar refractivity (Wildman–Crippen MR) is 99.0 cm³/mol. The zero-order valence-corrected chi connectivity index (χ0v) is 15.1. The van der Waals surface area contributed by atoms with Gasteiger partial charge < -0.3 is 19.8 Å². The van der Waals surface area contributed by atoms with E-state index in [0.29, 0.717) is 12.5 Å². The highest BCUT2D eigenvalue weighted by Crippen LogP contribution is 2.25. The van der Waals surface area contributed by atoms with Crippen LogP contribution in [0, 0.1) is 6.92 Å². The average Bonchev–Trinajstić information content (AvgIpc) is 2.84. The minimum absolute atomic E-state index is 0. The molecule has 1 aromatic heterocycles. The van der Waals surface area contributed by atoms with Crippen molar-refractivity contribution in [1.29, 1.82) is 0 Å². The first-order valence-electron chi connectivity index (χ1n) is 7.35. The summed E-state index contributed by atoms with van der Waals surface area (Å²) in [6, 6.07) is 8.11. The van der Waals surface area contributed by atoms with E-state index in [0.717, 1.165) is 44.1 Å². The summed E-state index contributed by atoms with van der Waals surface area (Å²) < 4.78 is 11.1. The fourth-order valence-corrected chi connectivity index (χ4v) is 2.71. The summed E-state index contributed by atoms with van der Waals surface area (Å²) in [5.41, 5.74) is 8.20. The molecule has 2 N–H and O–H groups in total. The molecule has 6 heteroatoms. The zero-order valence-electron chi connectivity index (χ0n) is 12.7. The van der Waals surface area contributed by atoms with Crippen LogP contribution in [0.2, 0.25) is 0 Å². The van der Waals surface area contributed by atoms with Crippen LogP contribution in [0.15, 0.2) is 33.7 Å². The maximum Gasteiger partial charge on any atom is 0.191 e. The Bertz CT molecular complexity index is 648. The van der Waals surface area contributed by atoms with E-state index in [1.54, 1.807) is 0 Å². The van der Waals surface area contributed by atoms with Gasteiger partial charge in [-0.1, -0.05) is 18.2 Å². The van der Waals surface area contributed by atoms with Crippen LogP contribution in [0.3, 0.4) is 0 Å². The molecule has 3 rings (SSSR count). The number of benzene rings is 1. The van der Waals surface area contributed by atoms with Crippen LogP contribution in [0.4, 0.5) is 0 Å². The summed E-state index contributed by atoms with van der Waals surface area (Å²) in [5, 5.41) is 1.18. The third-order valence-corrected chi connectivity index (χ3v) is 3.87. The van der Waals surface area contributed by atoms with E-state index in [4.69, 9.17) is 14.9 Å². The summed E-state index contributed by atoms with van der Waals surface area (Å²) in [4.78, 5) is 6.57. The SMILES string of the molecule is Cc1oc2ccccc2c1CCN=C(N)N1CCOCC1.I. The topological polar surface area (TPSA) is 64.0 Å². The second-order valence-corrected chi connectivity index (χ2v) is 5.22. The van der Waals surface area contributed by atoms with E-state index >= 15 is 0 Å². The second-order valence-electron chi connectivity index (χ2n) is 5.22. The first-order valence-corrected chi connectivity index (χ1v) is 7.35. The van der Waals surface area contributed by atoms with Crippen molar-refractivity contribution in [2.45, 2.75) is 13.3 Å². The van der Waals surface area contributed by atoms with E-state index in [9.17, 15) is 0 Å². The van der Waals surface area contributed by atoms with Gasteiger partial charge in [-0.3, -0.25) is 4.99 Å². The lowest BCUT2D eigenvalue weighted by Gasteiger charge is -2.27. The van der Waals surface area contributed by atoms with Crippen LogP contribution in [0.5, 0.6) is 0 Å². The van der Waals surface area contributed by atoms with Gasteiger partial charge in [0.15, 0.2) is 5.96 Å². The number of nitrogens with two attached hydrogens (primary N) is 1. The quantitative estimate of drug-likeness (QED) is 0.476. The number of fused-ring (bicyclic) bond motifs is 1. The molecule has 1 aromatic carbocycles. The normalized spacial score (nSPS) is 15.9. The van der Waals surface area contributed by atoms with E-state index in [1.165, 1.54) is 10.9 Å². The van der Waals surface area contributed by atoms with E-state index in [1.807, 2.05) is 25.1 Å². The summed E-state index contributed by atoms with van der Waals surface area (Å²) >= 11 is 0. The molecule has 1 saturated heterocycles. The number of furan rings is 1. The number of guanidine groups is 1. The van der Waals surface area contributed by atoms with E-state index in [2.05, 4.69) is 16.0 Å². The number of nitrogens with zero attached hydrogens (tertiary/aromatic N) is 2. The molecule has 2 heterocycles. The lowest BCUT2D eigenvalue weighted by atomic mass is 10.1. The van der Waals surface area contributed by atoms with Crippen molar-refractivity contribution in [3.8, 4) is 0 Å². The fraction of sp³-hybridized carbons (Fsp3) is 0.438. The number of aryl methyl sites for hydroxylation is 1.